The second-order valence-electron chi connectivity index (χ2n) is 5.72. The molecule has 2 unspecified atom stereocenters. The average molecular weight is 297 g/mol. The number of benzene rings is 1. The molecule has 22 heavy (non-hydrogen) atoms. The van der Waals surface area contributed by atoms with Crippen LogP contribution in [-0.4, -0.2) is 28.0 Å². The van der Waals surface area contributed by atoms with Gasteiger partial charge in [-0.15, -0.1) is 0 Å². The highest BCUT2D eigenvalue weighted by Gasteiger charge is 2.27. The van der Waals surface area contributed by atoms with Crippen LogP contribution in [0, 0.1) is 11.3 Å². The normalized spacial score (nSPS) is 19.2. The van der Waals surface area contributed by atoms with E-state index in [2.05, 4.69) is 11.1 Å². The van der Waals surface area contributed by atoms with Gasteiger partial charge in [0.1, 0.15) is 5.82 Å². The SMILES string of the molecule is Cn1c(C(C#N)C(=O)CCC2CCCO2)nc2ccccc21. The van der Waals surface area contributed by atoms with E-state index in [4.69, 9.17) is 4.74 Å². The van der Waals surface area contributed by atoms with Gasteiger partial charge in [-0.1, -0.05) is 12.1 Å². The van der Waals surface area contributed by atoms with Gasteiger partial charge in [-0.2, -0.15) is 5.26 Å². The highest BCUT2D eigenvalue weighted by molar-refractivity contribution is 5.89. The summed E-state index contributed by atoms with van der Waals surface area (Å²) in [4.78, 5) is 16.9. The van der Waals surface area contributed by atoms with E-state index >= 15 is 0 Å². The van der Waals surface area contributed by atoms with E-state index in [1.807, 2.05) is 35.9 Å². The van der Waals surface area contributed by atoms with Gasteiger partial charge in [0, 0.05) is 20.1 Å². The van der Waals surface area contributed by atoms with Crippen molar-refractivity contribution in [2.45, 2.75) is 37.7 Å². The molecule has 1 aliphatic rings. The number of carbonyl (C=O) groups is 1. The topological polar surface area (TPSA) is 67.9 Å². The Kier molecular flexibility index (Phi) is 4.21. The second kappa shape index (κ2) is 6.29. The Balaban J connectivity index is 1.78. The first-order chi connectivity index (χ1) is 10.7. The van der Waals surface area contributed by atoms with Crippen LogP contribution in [0.5, 0.6) is 0 Å². The molecule has 5 nitrogen and oxygen atoms in total. The van der Waals surface area contributed by atoms with Crippen LogP contribution in [0.25, 0.3) is 11.0 Å². The van der Waals surface area contributed by atoms with Crippen molar-refractivity contribution in [3.8, 4) is 6.07 Å². The van der Waals surface area contributed by atoms with Crippen molar-refractivity contribution in [3.63, 3.8) is 0 Å². The zero-order chi connectivity index (χ0) is 15.5. The van der Waals surface area contributed by atoms with Crippen LogP contribution in [0.15, 0.2) is 24.3 Å². The molecule has 1 fully saturated rings. The minimum atomic E-state index is -0.807. The maximum atomic E-state index is 12.4. The number of hydrogen-bond acceptors (Lipinski definition) is 4. The lowest BCUT2D eigenvalue weighted by Gasteiger charge is -2.11. The van der Waals surface area contributed by atoms with Gasteiger partial charge in [-0.25, -0.2) is 4.98 Å². The summed E-state index contributed by atoms with van der Waals surface area (Å²) in [5, 5.41) is 9.44. The summed E-state index contributed by atoms with van der Waals surface area (Å²) >= 11 is 0. The molecule has 1 saturated heterocycles. The highest BCUT2D eigenvalue weighted by Crippen LogP contribution is 2.24. The number of carbonyl (C=O) groups excluding carboxylic acids is 1. The third kappa shape index (κ3) is 2.75. The average Bonchev–Trinajstić information content (AvgIpc) is 3.16. The van der Waals surface area contributed by atoms with Crippen molar-refractivity contribution in [2.75, 3.05) is 6.61 Å². The van der Waals surface area contributed by atoms with Crippen molar-refractivity contribution < 1.29 is 9.53 Å². The predicted molar refractivity (Wildman–Crippen MR) is 82.3 cm³/mol. The maximum absolute atomic E-state index is 12.4. The quantitative estimate of drug-likeness (QED) is 0.851. The lowest BCUT2D eigenvalue weighted by molar-refractivity contribution is -0.120. The lowest BCUT2D eigenvalue weighted by Crippen LogP contribution is -2.17. The molecule has 5 heteroatoms. The van der Waals surface area contributed by atoms with Crippen LogP contribution in [0.4, 0.5) is 0 Å². The molecule has 1 aromatic heterocycles. The molecule has 1 aromatic carbocycles. The van der Waals surface area contributed by atoms with Gasteiger partial charge < -0.3 is 9.30 Å². The molecule has 2 heterocycles. The summed E-state index contributed by atoms with van der Waals surface area (Å²) in [6, 6.07) is 9.78. The van der Waals surface area contributed by atoms with E-state index in [9.17, 15) is 10.1 Å². The van der Waals surface area contributed by atoms with Crippen molar-refractivity contribution in [2.24, 2.45) is 7.05 Å². The number of ketones is 1. The first kappa shape index (κ1) is 14.7. The van der Waals surface area contributed by atoms with Crippen LogP contribution in [-0.2, 0) is 16.6 Å². The molecular weight excluding hydrogens is 278 g/mol. The molecule has 2 atom stereocenters. The van der Waals surface area contributed by atoms with E-state index in [-0.39, 0.29) is 11.9 Å². The summed E-state index contributed by atoms with van der Waals surface area (Å²) < 4.78 is 7.38. The third-order valence-corrected chi connectivity index (χ3v) is 4.27. The number of imidazole rings is 1. The number of aromatic nitrogens is 2. The van der Waals surface area contributed by atoms with Crippen LogP contribution in [0.2, 0.25) is 0 Å². The van der Waals surface area contributed by atoms with Gasteiger partial charge in [0.05, 0.1) is 23.2 Å². The van der Waals surface area contributed by atoms with E-state index in [0.717, 1.165) is 30.5 Å². The Hall–Kier alpha value is -2.19. The summed E-state index contributed by atoms with van der Waals surface area (Å²) in [5.41, 5.74) is 1.75. The summed E-state index contributed by atoms with van der Waals surface area (Å²) in [6.45, 7) is 0.783. The van der Waals surface area contributed by atoms with Gasteiger partial charge in [0.2, 0.25) is 0 Å². The number of nitriles is 1. The number of Topliss-reactive ketones (excluding diaryl/α,β-unsaturated/α-hetero) is 1. The molecule has 3 rings (SSSR count). The standard InChI is InChI=1S/C17H19N3O2/c1-20-15-7-3-2-6-14(15)19-17(20)13(11-18)16(21)9-8-12-5-4-10-22-12/h2-3,6-7,12-13H,4-5,8-10H2,1H3. The van der Waals surface area contributed by atoms with E-state index in [1.165, 1.54) is 0 Å². The monoisotopic (exact) mass is 297 g/mol. The summed E-state index contributed by atoms with van der Waals surface area (Å²) in [5.74, 6) is -0.351. The molecule has 0 radical (unpaired) electrons. The van der Waals surface area contributed by atoms with Crippen molar-refractivity contribution in [1.29, 1.82) is 5.26 Å². The number of para-hydroxylation sites is 2. The lowest BCUT2D eigenvalue weighted by atomic mass is 9.98. The molecule has 0 bridgehead atoms. The highest BCUT2D eigenvalue weighted by atomic mass is 16.5. The van der Waals surface area contributed by atoms with E-state index < -0.39 is 5.92 Å². The first-order valence-electron chi connectivity index (χ1n) is 7.66. The second-order valence-corrected chi connectivity index (χ2v) is 5.72. The minimum absolute atomic E-state index is 0.0728. The van der Waals surface area contributed by atoms with Gasteiger partial charge >= 0.3 is 0 Å². The Labute approximate surface area is 129 Å². The van der Waals surface area contributed by atoms with Crippen molar-refractivity contribution in [3.05, 3.63) is 30.1 Å². The van der Waals surface area contributed by atoms with Crippen LogP contribution in [0.3, 0.4) is 0 Å². The number of aryl methyl sites for hydroxylation is 1. The molecule has 0 aliphatic carbocycles. The first-order valence-corrected chi connectivity index (χ1v) is 7.66. The molecule has 0 N–H and O–H groups in total. The fourth-order valence-electron chi connectivity index (χ4n) is 3.02. The fourth-order valence-corrected chi connectivity index (χ4v) is 3.02. The van der Waals surface area contributed by atoms with E-state index in [1.54, 1.807) is 0 Å². The Bertz CT molecular complexity index is 723. The molecular formula is C17H19N3O2. The fraction of sp³-hybridized carbons (Fsp3) is 0.471. The maximum Gasteiger partial charge on any atom is 0.162 e. The number of ether oxygens (including phenoxy) is 1. The molecule has 114 valence electrons. The molecule has 2 aromatic rings. The largest absolute Gasteiger partial charge is 0.378 e. The van der Waals surface area contributed by atoms with Crippen molar-refractivity contribution >= 4 is 16.8 Å². The van der Waals surface area contributed by atoms with Crippen molar-refractivity contribution in [1.82, 2.24) is 9.55 Å². The number of fused-ring (bicyclic) bond motifs is 1. The van der Waals surface area contributed by atoms with Crippen LogP contribution < -0.4 is 0 Å². The summed E-state index contributed by atoms with van der Waals surface area (Å²) in [6.07, 6.45) is 3.30. The van der Waals surface area contributed by atoms with E-state index in [0.29, 0.717) is 18.7 Å². The summed E-state index contributed by atoms with van der Waals surface area (Å²) in [7, 11) is 1.85. The molecule has 0 spiro atoms. The molecule has 1 aliphatic heterocycles. The predicted octanol–water partition coefficient (Wildman–Crippen LogP) is 2.71. The van der Waals surface area contributed by atoms with Gasteiger partial charge in [0.15, 0.2) is 11.7 Å². The third-order valence-electron chi connectivity index (χ3n) is 4.27. The number of rotatable bonds is 5. The molecule has 0 saturated carbocycles. The Morgan fingerprint density at radius 2 is 2.36 bits per heavy atom. The smallest absolute Gasteiger partial charge is 0.162 e. The minimum Gasteiger partial charge on any atom is -0.378 e. The van der Waals surface area contributed by atoms with Gasteiger partial charge in [0.25, 0.3) is 0 Å². The number of nitrogens with zero attached hydrogens (tertiary/aromatic N) is 3. The van der Waals surface area contributed by atoms with Gasteiger partial charge in [-0.3, -0.25) is 4.79 Å². The Morgan fingerprint density at radius 3 is 3.05 bits per heavy atom. The molecule has 0 amide bonds. The van der Waals surface area contributed by atoms with Crippen LogP contribution >= 0.6 is 0 Å². The number of hydrogen-bond donors (Lipinski definition) is 0. The zero-order valence-electron chi connectivity index (χ0n) is 12.7. The van der Waals surface area contributed by atoms with Crippen LogP contribution in [0.1, 0.15) is 37.4 Å². The zero-order valence-corrected chi connectivity index (χ0v) is 12.7. The van der Waals surface area contributed by atoms with Gasteiger partial charge in [-0.05, 0) is 31.4 Å². The Morgan fingerprint density at radius 1 is 1.55 bits per heavy atom.